The molecule has 6 heteroatoms. The first-order valence-corrected chi connectivity index (χ1v) is 5.97. The molecule has 2 aromatic rings. The van der Waals surface area contributed by atoms with Gasteiger partial charge >= 0.3 is 0 Å². The fourth-order valence-electron chi connectivity index (χ4n) is 1.82. The summed E-state index contributed by atoms with van der Waals surface area (Å²) in [5.74, 6) is -0.409. The fraction of sp³-hybridized carbons (Fsp3) is 0.143. The van der Waals surface area contributed by atoms with Crippen LogP contribution in [0, 0.1) is 15.9 Å². The molecule has 104 valence electrons. The number of non-ortho nitro benzene ring substituents is 1. The Hall–Kier alpha value is -2.47. The first-order valence-electron chi connectivity index (χ1n) is 5.97. The molecule has 2 N–H and O–H groups in total. The molecule has 0 radical (unpaired) electrons. The number of nitrogens with zero attached hydrogens (tertiary/aromatic N) is 1. The Morgan fingerprint density at radius 3 is 2.75 bits per heavy atom. The van der Waals surface area contributed by atoms with Crippen molar-refractivity contribution in [1.29, 1.82) is 0 Å². The minimum absolute atomic E-state index is 0.0120. The van der Waals surface area contributed by atoms with Crippen LogP contribution in [-0.4, -0.2) is 10.0 Å². The number of aromatic hydroxyl groups is 1. The Balaban J connectivity index is 1.97. The monoisotopic (exact) mass is 276 g/mol. The zero-order valence-corrected chi connectivity index (χ0v) is 10.5. The van der Waals surface area contributed by atoms with Gasteiger partial charge in [0.1, 0.15) is 11.6 Å². The van der Waals surface area contributed by atoms with Crippen LogP contribution in [0.4, 0.5) is 10.1 Å². The van der Waals surface area contributed by atoms with Gasteiger partial charge in [0.05, 0.1) is 4.92 Å². The Morgan fingerprint density at radius 1 is 1.20 bits per heavy atom. The number of nitro benzene ring substituents is 1. The van der Waals surface area contributed by atoms with Gasteiger partial charge < -0.3 is 10.4 Å². The van der Waals surface area contributed by atoms with E-state index in [9.17, 15) is 19.6 Å². The maximum absolute atomic E-state index is 13.0. The van der Waals surface area contributed by atoms with Gasteiger partial charge in [-0.3, -0.25) is 10.1 Å². The molecule has 0 aliphatic carbocycles. The SMILES string of the molecule is O=[N+]([O-])c1cccc(CNCc2cc(F)ccc2O)c1. The summed E-state index contributed by atoms with van der Waals surface area (Å²) in [4.78, 5) is 10.2. The lowest BCUT2D eigenvalue weighted by Gasteiger charge is -2.07. The van der Waals surface area contributed by atoms with Gasteiger partial charge in [-0.05, 0) is 23.8 Å². The molecule has 5 nitrogen and oxygen atoms in total. The van der Waals surface area contributed by atoms with E-state index >= 15 is 0 Å². The second-order valence-electron chi connectivity index (χ2n) is 4.30. The number of hydrogen-bond donors (Lipinski definition) is 2. The summed E-state index contributed by atoms with van der Waals surface area (Å²) in [6.45, 7) is 0.657. The van der Waals surface area contributed by atoms with Crippen molar-refractivity contribution in [3.05, 3.63) is 69.5 Å². The predicted molar refractivity (Wildman–Crippen MR) is 71.7 cm³/mol. The summed E-state index contributed by atoms with van der Waals surface area (Å²) in [6.07, 6.45) is 0. The Bertz CT molecular complexity index is 632. The highest BCUT2D eigenvalue weighted by molar-refractivity contribution is 5.35. The van der Waals surface area contributed by atoms with E-state index in [1.807, 2.05) is 0 Å². The summed E-state index contributed by atoms with van der Waals surface area (Å²) in [5.41, 5.74) is 1.21. The molecule has 0 unspecified atom stereocenters. The molecule has 2 aromatic carbocycles. The van der Waals surface area contributed by atoms with Crippen molar-refractivity contribution in [3.8, 4) is 5.75 Å². The first-order chi connectivity index (χ1) is 9.56. The van der Waals surface area contributed by atoms with Crippen LogP contribution in [0.3, 0.4) is 0 Å². The molecule has 0 aliphatic rings. The average Bonchev–Trinajstić information content (AvgIpc) is 2.43. The number of hydrogen-bond acceptors (Lipinski definition) is 4. The molecule has 0 fully saturated rings. The Kier molecular flexibility index (Phi) is 4.27. The molecule has 0 atom stereocenters. The third-order valence-electron chi connectivity index (χ3n) is 2.81. The van der Waals surface area contributed by atoms with Crippen molar-refractivity contribution in [2.45, 2.75) is 13.1 Å². The molecule has 0 saturated heterocycles. The van der Waals surface area contributed by atoms with Crippen LogP contribution < -0.4 is 5.32 Å². The zero-order valence-electron chi connectivity index (χ0n) is 10.5. The lowest BCUT2D eigenvalue weighted by Crippen LogP contribution is -2.13. The molecule has 0 spiro atoms. The van der Waals surface area contributed by atoms with Gasteiger partial charge in [0.2, 0.25) is 0 Å². The van der Waals surface area contributed by atoms with Crippen LogP contribution in [-0.2, 0) is 13.1 Å². The van der Waals surface area contributed by atoms with E-state index in [1.54, 1.807) is 12.1 Å². The van der Waals surface area contributed by atoms with E-state index in [0.29, 0.717) is 12.1 Å². The van der Waals surface area contributed by atoms with Gasteiger partial charge in [0.25, 0.3) is 5.69 Å². The minimum atomic E-state index is -0.456. The van der Waals surface area contributed by atoms with Crippen LogP contribution in [0.5, 0.6) is 5.75 Å². The van der Waals surface area contributed by atoms with Crippen LogP contribution in [0.2, 0.25) is 0 Å². The fourth-order valence-corrected chi connectivity index (χ4v) is 1.82. The van der Waals surface area contributed by atoms with E-state index in [1.165, 1.54) is 30.3 Å². The van der Waals surface area contributed by atoms with E-state index in [4.69, 9.17) is 0 Å². The molecule has 2 rings (SSSR count). The van der Waals surface area contributed by atoms with Crippen molar-refractivity contribution < 1.29 is 14.4 Å². The highest BCUT2D eigenvalue weighted by atomic mass is 19.1. The predicted octanol–water partition coefficient (Wildman–Crippen LogP) is 2.73. The number of benzene rings is 2. The smallest absolute Gasteiger partial charge is 0.269 e. The highest BCUT2D eigenvalue weighted by Gasteiger charge is 2.06. The Labute approximate surface area is 114 Å². The summed E-state index contributed by atoms with van der Waals surface area (Å²) in [7, 11) is 0. The second kappa shape index (κ2) is 6.12. The zero-order chi connectivity index (χ0) is 14.5. The molecule has 0 aliphatic heterocycles. The number of halogens is 1. The number of phenols is 1. The van der Waals surface area contributed by atoms with E-state index in [-0.39, 0.29) is 18.0 Å². The largest absolute Gasteiger partial charge is 0.508 e. The van der Waals surface area contributed by atoms with Crippen LogP contribution >= 0.6 is 0 Å². The lowest BCUT2D eigenvalue weighted by molar-refractivity contribution is -0.384. The van der Waals surface area contributed by atoms with Crippen LogP contribution in [0.1, 0.15) is 11.1 Å². The summed E-state index contributed by atoms with van der Waals surface area (Å²) >= 11 is 0. The van der Waals surface area contributed by atoms with Crippen molar-refractivity contribution in [1.82, 2.24) is 5.32 Å². The van der Waals surface area contributed by atoms with Gasteiger partial charge in [-0.25, -0.2) is 4.39 Å². The molecular weight excluding hydrogens is 263 g/mol. The topological polar surface area (TPSA) is 75.4 Å². The first kappa shape index (κ1) is 14.0. The van der Waals surface area contributed by atoms with Crippen molar-refractivity contribution in [2.24, 2.45) is 0 Å². The third-order valence-corrected chi connectivity index (χ3v) is 2.81. The molecule has 0 amide bonds. The molecule has 0 bridgehead atoms. The maximum atomic E-state index is 13.0. The third kappa shape index (κ3) is 3.52. The van der Waals surface area contributed by atoms with E-state index < -0.39 is 10.7 Å². The lowest BCUT2D eigenvalue weighted by atomic mass is 10.1. The van der Waals surface area contributed by atoms with E-state index in [2.05, 4.69) is 5.32 Å². The number of phenolic OH excluding ortho intramolecular Hbond substituents is 1. The van der Waals surface area contributed by atoms with Gasteiger partial charge in [-0.1, -0.05) is 12.1 Å². The second-order valence-corrected chi connectivity index (χ2v) is 4.30. The maximum Gasteiger partial charge on any atom is 0.269 e. The van der Waals surface area contributed by atoms with Crippen molar-refractivity contribution >= 4 is 5.69 Å². The summed E-state index contributed by atoms with van der Waals surface area (Å²) < 4.78 is 13.0. The van der Waals surface area contributed by atoms with Gasteiger partial charge in [-0.15, -0.1) is 0 Å². The summed E-state index contributed by atoms with van der Waals surface area (Å²) in [5, 5.41) is 23.2. The van der Waals surface area contributed by atoms with Gasteiger partial charge in [-0.2, -0.15) is 0 Å². The van der Waals surface area contributed by atoms with Crippen LogP contribution in [0.25, 0.3) is 0 Å². The normalized spacial score (nSPS) is 10.4. The number of nitro groups is 1. The van der Waals surface area contributed by atoms with E-state index in [0.717, 1.165) is 5.56 Å². The van der Waals surface area contributed by atoms with Crippen molar-refractivity contribution in [3.63, 3.8) is 0 Å². The van der Waals surface area contributed by atoms with Crippen molar-refractivity contribution in [2.75, 3.05) is 0 Å². The molecule has 0 saturated carbocycles. The quantitative estimate of drug-likeness (QED) is 0.650. The van der Waals surface area contributed by atoms with Gasteiger partial charge in [0, 0.05) is 30.8 Å². The highest BCUT2D eigenvalue weighted by Crippen LogP contribution is 2.18. The van der Waals surface area contributed by atoms with Crippen LogP contribution in [0.15, 0.2) is 42.5 Å². The average molecular weight is 276 g/mol. The minimum Gasteiger partial charge on any atom is -0.508 e. The standard InChI is InChI=1S/C14H13FN2O3/c15-12-4-5-14(18)11(7-12)9-16-8-10-2-1-3-13(6-10)17(19)20/h1-7,16,18H,8-9H2. The Morgan fingerprint density at radius 2 is 2.00 bits per heavy atom. The molecular formula is C14H13FN2O3. The molecule has 0 aromatic heterocycles. The molecule has 0 heterocycles. The number of rotatable bonds is 5. The molecule has 20 heavy (non-hydrogen) atoms. The van der Waals surface area contributed by atoms with Gasteiger partial charge in [0.15, 0.2) is 0 Å². The number of nitrogens with one attached hydrogen (secondary N) is 1. The summed E-state index contributed by atoms with van der Waals surface area (Å²) in [6, 6.07) is 9.97.